The Balaban J connectivity index is 0.000000482. The van der Waals surface area contributed by atoms with E-state index in [1.165, 1.54) is 41.5 Å². The van der Waals surface area contributed by atoms with Gasteiger partial charge in [0.2, 0.25) is 0 Å². The number of nitrogens with one attached hydrogen (secondary N) is 7. The molecule has 2 aromatic carbocycles. The summed E-state index contributed by atoms with van der Waals surface area (Å²) in [6.07, 6.45) is 0. The van der Waals surface area contributed by atoms with Gasteiger partial charge in [-0.3, -0.25) is 87.3 Å². The van der Waals surface area contributed by atoms with Crippen LogP contribution in [0.3, 0.4) is 0 Å². The van der Waals surface area contributed by atoms with Gasteiger partial charge in [-0.05, 0) is 91.6 Å². The highest BCUT2D eigenvalue weighted by Gasteiger charge is 2.28. The zero-order valence-corrected chi connectivity index (χ0v) is 79.1. The highest BCUT2D eigenvalue weighted by molar-refractivity contribution is 5.73. The number of hydrogen-bond acceptors (Lipinski definition) is 33. The van der Waals surface area contributed by atoms with Crippen LogP contribution in [-0.2, 0) is 75.8 Å². The minimum atomic E-state index is -1.01. The number of nitriles is 2. The number of ether oxygens (including phenoxy) is 3. The second-order valence-corrected chi connectivity index (χ2v) is 34.6. The molecule has 4 saturated heterocycles. The number of benzene rings is 2. The van der Waals surface area contributed by atoms with Gasteiger partial charge in [0.15, 0.2) is 0 Å². The number of carboxylic acid groups (broad SMARTS) is 3. The number of carboxylic acids is 3. The number of aromatic nitrogens is 3. The number of rotatable bonds is 24. The van der Waals surface area contributed by atoms with Crippen molar-refractivity contribution in [2.24, 2.45) is 0 Å². The van der Waals surface area contributed by atoms with Crippen molar-refractivity contribution in [1.29, 1.82) is 10.5 Å². The molecule has 3 aromatic heterocycles. The first kappa shape index (κ1) is 116. The van der Waals surface area contributed by atoms with Gasteiger partial charge in [0.05, 0.1) is 68.5 Å². The van der Waals surface area contributed by atoms with Crippen LogP contribution in [0.5, 0.6) is 0 Å². The Labute approximate surface area is 780 Å². The molecule has 0 radical (unpaired) electrons. The van der Waals surface area contributed by atoms with Crippen LogP contribution in [0.1, 0.15) is 112 Å². The molecule has 4 aliphatic heterocycles. The van der Waals surface area contributed by atoms with Gasteiger partial charge in [0.1, 0.15) is 30.0 Å². The molecule has 4 aliphatic rings. The van der Waals surface area contributed by atoms with E-state index in [2.05, 4.69) is 47.0 Å². The summed E-state index contributed by atoms with van der Waals surface area (Å²) in [7, 11) is 0. The molecule has 0 aliphatic carbocycles. The van der Waals surface area contributed by atoms with E-state index in [1.54, 1.807) is 51.1 Å². The van der Waals surface area contributed by atoms with Crippen LogP contribution in [0, 0.1) is 22.7 Å². The summed E-state index contributed by atoms with van der Waals surface area (Å²) in [6, 6.07) is 37.8. The summed E-state index contributed by atoms with van der Waals surface area (Å²) < 4.78 is 20.3. The van der Waals surface area contributed by atoms with E-state index in [4.69, 9.17) is 34.4 Å². The van der Waals surface area contributed by atoms with Crippen molar-refractivity contribution in [2.75, 3.05) is 249 Å². The van der Waals surface area contributed by atoms with Crippen molar-refractivity contribution in [3.63, 3.8) is 0 Å². The van der Waals surface area contributed by atoms with Gasteiger partial charge in [0.25, 0.3) is 16.7 Å². The number of pyridine rings is 3. The Morgan fingerprint density at radius 3 is 0.795 bits per heavy atom. The molecule has 39 nitrogen and oxygen atoms in total. The van der Waals surface area contributed by atoms with Gasteiger partial charge in [-0.2, -0.15) is 15.3 Å². The monoisotopic (exact) mass is 1850 g/mol. The number of carbonyl (C=O) groups is 6. The van der Waals surface area contributed by atoms with E-state index in [9.17, 15) is 63.7 Å². The van der Waals surface area contributed by atoms with Crippen molar-refractivity contribution in [2.45, 2.75) is 133 Å². The third-order valence-electron chi connectivity index (χ3n) is 19.9. The molecule has 4 fully saturated rings. The van der Waals surface area contributed by atoms with Crippen molar-refractivity contribution < 1.29 is 73.2 Å². The lowest BCUT2D eigenvalue weighted by Gasteiger charge is -2.34. The molecule has 132 heavy (non-hydrogen) atoms. The van der Waals surface area contributed by atoms with Gasteiger partial charge in [0, 0.05) is 261 Å². The minimum absolute atomic E-state index is 0. The average Bonchev–Trinajstić information content (AvgIpc) is 0.835. The predicted molar refractivity (Wildman–Crippen MR) is 507 cm³/mol. The fourth-order valence-corrected chi connectivity index (χ4v) is 13.7. The summed E-state index contributed by atoms with van der Waals surface area (Å²) in [5.41, 5.74) is 1.01. The Bertz CT molecular complexity index is 4200. The Hall–Kier alpha value is -10.2. The lowest BCUT2D eigenvalue weighted by Crippen LogP contribution is -2.49. The van der Waals surface area contributed by atoms with E-state index in [0.717, 1.165) is 122 Å². The molecular weight excluding hydrogens is 1700 g/mol. The highest BCUT2D eigenvalue weighted by atomic mass is 16.7. The van der Waals surface area contributed by atoms with Crippen LogP contribution in [0.25, 0.3) is 0 Å². The van der Waals surface area contributed by atoms with Crippen LogP contribution in [-0.4, -0.2) is 380 Å². The first-order chi connectivity index (χ1) is 62.5. The second-order valence-electron chi connectivity index (χ2n) is 34.6. The van der Waals surface area contributed by atoms with E-state index in [1.807, 2.05) is 155 Å². The maximum absolute atomic E-state index is 13.0. The maximum Gasteiger partial charge on any atom is 0.320 e. The van der Waals surface area contributed by atoms with Gasteiger partial charge in [-0.1, -0.05) is 86.3 Å². The molecule has 0 spiro atoms. The van der Waals surface area contributed by atoms with Crippen LogP contribution in [0.4, 0.5) is 0 Å². The Morgan fingerprint density at radius 1 is 0.318 bits per heavy atom. The van der Waals surface area contributed by atoms with E-state index in [0.29, 0.717) is 141 Å². The molecule has 0 bridgehead atoms. The molecule has 0 saturated carbocycles. The fourth-order valence-electron chi connectivity index (χ4n) is 13.7. The topological polar surface area (TPSA) is 456 Å². The summed E-state index contributed by atoms with van der Waals surface area (Å²) in [5.74, 6) is -4.02. The molecule has 7 heterocycles. The standard InChI is InChI=1S/C39H61N5O8.C21H31N5O2.C20H31N5O8.C8H20N4.2C2H3N.CH4/c1-37(2,3)50-34(46)27-41-20-18-40(26-32-16-13-17-33(45)44(32)49-30-31-14-11-10-12-15-31)19-21-42(28-35(47)51-38(4,5)6)23-25-43(24-22-41)29-36(48)52-39(7,8)9;27-21-8-4-7-20(26(21)28-18-19-5-2-1-3-6-19)17-25-15-13-23-11-9-22-10-12-24-14-16-25;26-17-3-1-2-16(25(17)33)12-21-4-6-22(13-18(27)28)8-10-24(15-20(31)32)11-9-23(7-5-21)14-19(29)30;1-2-10-5-6-12-8-7-11-4-3-9-1;2*1-2-3;/h10-17H,18-30H2,1-9H3;1-8,22-24H,9-18H2;1-3,33H,4-15H2,(H,27,28)(H,29,30)(H,31,32);9-12H,1-8H2;2*1H3;1H4. The molecule has 11 N–H and O–H groups in total. The number of aliphatic carboxylic acids is 3. The summed E-state index contributed by atoms with van der Waals surface area (Å²) in [5, 5.41) is 76.1. The number of esters is 3. The third kappa shape index (κ3) is 55.4. The van der Waals surface area contributed by atoms with E-state index in [-0.39, 0.29) is 88.9 Å². The molecular formula is C93H153N21O18. The SMILES string of the molecule is C.C1CNCCNCCNCCN1.CC#N.CC#N.CC(C)(C)OC(=O)CN1CCN(CC(=O)OC(C)(C)C)CCN(Cc2cccc(=O)n2OCc2ccccc2)CCN(CC(=O)OC(C)(C)C)CC1.O=C(O)CN1CCN(CC(=O)O)CCN(Cc2cccc(=O)n2O)CCN(CC(=O)O)CC1.O=c1cccc(CN2CCNCCNCCNCC2)n1OCc1ccccc1. The fraction of sp³-hybridized carbons (Fsp3) is 0.624. The van der Waals surface area contributed by atoms with Crippen molar-refractivity contribution >= 4 is 35.8 Å². The van der Waals surface area contributed by atoms with Gasteiger partial charge in [-0.15, -0.1) is 9.46 Å². The number of carbonyl (C=O) groups excluding carboxylic acids is 3. The van der Waals surface area contributed by atoms with Gasteiger partial charge < -0.3 is 81.6 Å². The molecule has 5 aromatic rings. The smallest absolute Gasteiger partial charge is 0.320 e. The minimum Gasteiger partial charge on any atom is -0.480 e. The van der Waals surface area contributed by atoms with Crippen LogP contribution < -0.4 is 63.6 Å². The zero-order valence-electron chi connectivity index (χ0n) is 79.1. The first-order valence-electron chi connectivity index (χ1n) is 45.1. The van der Waals surface area contributed by atoms with Gasteiger partial charge in [-0.25, -0.2) is 0 Å². The Kier molecular flexibility index (Phi) is 58.2. The van der Waals surface area contributed by atoms with Crippen molar-refractivity contribution in [3.8, 4) is 12.1 Å². The molecule has 0 unspecified atom stereocenters. The largest absolute Gasteiger partial charge is 0.480 e. The van der Waals surface area contributed by atoms with E-state index >= 15 is 0 Å². The average molecular weight is 1850 g/mol. The third-order valence-corrected chi connectivity index (χ3v) is 19.9. The quantitative estimate of drug-likeness (QED) is 0.0236. The first-order valence-corrected chi connectivity index (χ1v) is 45.1. The molecule has 9 rings (SSSR count). The lowest BCUT2D eigenvalue weighted by atomic mass is 10.2. The zero-order chi connectivity index (χ0) is 96.3. The maximum atomic E-state index is 13.0. The lowest BCUT2D eigenvalue weighted by molar-refractivity contribution is -0.158. The Morgan fingerprint density at radius 2 is 0.538 bits per heavy atom. The highest BCUT2D eigenvalue weighted by Crippen LogP contribution is 2.15. The van der Waals surface area contributed by atoms with Crippen molar-refractivity contribution in [1.82, 2.24) is 95.5 Å². The number of nitrogens with zero attached hydrogens (tertiary/aromatic N) is 14. The van der Waals surface area contributed by atoms with Crippen LogP contribution in [0.15, 0.2) is 130 Å². The van der Waals surface area contributed by atoms with Crippen molar-refractivity contribution in [3.05, 3.63) is 175 Å². The molecule has 39 heteroatoms. The van der Waals surface area contributed by atoms with Crippen LogP contribution in [0.2, 0.25) is 0 Å². The van der Waals surface area contributed by atoms with Crippen LogP contribution >= 0.6 is 0 Å². The van der Waals surface area contributed by atoms with E-state index < -0.39 is 40.3 Å². The second kappa shape index (κ2) is 66.3. The number of hydrogen-bond donors (Lipinski definition) is 11. The molecule has 0 atom stereocenters. The summed E-state index contributed by atoms with van der Waals surface area (Å²) >= 11 is 0. The summed E-state index contributed by atoms with van der Waals surface area (Å²) in [6.45, 7) is 43.8. The predicted octanol–water partition coefficient (Wildman–Crippen LogP) is 1.40. The molecule has 0 amide bonds. The van der Waals surface area contributed by atoms with Gasteiger partial charge >= 0.3 is 35.8 Å². The normalized spacial score (nSPS) is 17.2. The summed E-state index contributed by atoms with van der Waals surface area (Å²) in [4.78, 5) is 140. The molecule has 738 valence electrons.